The van der Waals surface area contributed by atoms with Gasteiger partial charge in [-0.15, -0.1) is 0 Å². The summed E-state index contributed by atoms with van der Waals surface area (Å²) in [6.07, 6.45) is 9.13. The molecular formula is C26H32N4O4S. The molecule has 8 nitrogen and oxygen atoms in total. The van der Waals surface area contributed by atoms with Crippen LogP contribution in [0, 0.1) is 23.7 Å². The highest BCUT2D eigenvalue weighted by Crippen LogP contribution is 2.59. The Morgan fingerprint density at radius 1 is 1.23 bits per heavy atom. The molecule has 1 aromatic carbocycles. The van der Waals surface area contributed by atoms with Crippen molar-refractivity contribution in [3.8, 4) is 16.9 Å². The van der Waals surface area contributed by atoms with Crippen molar-refractivity contribution in [3.05, 3.63) is 47.0 Å². The van der Waals surface area contributed by atoms with E-state index in [0.29, 0.717) is 58.2 Å². The van der Waals surface area contributed by atoms with Gasteiger partial charge in [0.25, 0.3) is 5.56 Å². The molecule has 4 fully saturated rings. The third-order valence-corrected chi connectivity index (χ3v) is 8.92. The topological polar surface area (TPSA) is 119 Å². The zero-order valence-electron chi connectivity index (χ0n) is 22.6. The number of sulfonamides is 1. The molecule has 4 N–H and O–H groups in total. The minimum absolute atomic E-state index is 0.159. The highest BCUT2D eigenvalue weighted by atomic mass is 32.2. The molecule has 4 bridgehead atoms. The highest BCUT2D eigenvalue weighted by Gasteiger charge is 2.56. The van der Waals surface area contributed by atoms with Crippen molar-refractivity contribution in [1.82, 2.24) is 9.55 Å². The van der Waals surface area contributed by atoms with Crippen molar-refractivity contribution in [3.63, 3.8) is 0 Å². The summed E-state index contributed by atoms with van der Waals surface area (Å²) in [7, 11) is -3.57. The number of nitrogens with two attached hydrogens (primary N) is 1. The van der Waals surface area contributed by atoms with Crippen LogP contribution in [0.3, 0.4) is 0 Å². The normalized spacial score (nSPS) is 31.2. The first-order valence-corrected chi connectivity index (χ1v) is 14.0. The van der Waals surface area contributed by atoms with E-state index in [9.17, 15) is 13.2 Å². The van der Waals surface area contributed by atoms with E-state index in [1.165, 1.54) is 19.0 Å². The van der Waals surface area contributed by atoms with E-state index in [1.807, 2.05) is 0 Å². The number of fused-ring (bicyclic) bond motifs is 1. The Balaban J connectivity index is 1.50. The number of benzene rings is 1. The lowest BCUT2D eigenvalue weighted by Gasteiger charge is -2.59. The minimum Gasteiger partial charge on any atom is -0.487 e. The maximum Gasteiger partial charge on any atom is 0.274 e. The molecule has 35 heavy (non-hydrogen) atoms. The first-order chi connectivity index (χ1) is 17.9. The minimum atomic E-state index is -3.57. The van der Waals surface area contributed by atoms with Gasteiger partial charge in [0, 0.05) is 45.7 Å². The standard InChI is InChI=1S/C26H32N4O4S/c1-30-14-22(19-5-6-28-24(19)25(30)31)20-9-18(29-35(2,32)33)3-4-23(20)34-26-10-15-7-16(11-26)21(13-27)17(8-15)12-26/h3-6,9,14-17,21,28-29H,7-8,10-13,27H2,1-2H3/i1D3. The van der Waals surface area contributed by atoms with E-state index in [1.54, 1.807) is 30.5 Å². The summed E-state index contributed by atoms with van der Waals surface area (Å²) in [6.45, 7) is -2.01. The van der Waals surface area contributed by atoms with Crippen LogP contribution in [0.4, 0.5) is 5.69 Å². The predicted molar refractivity (Wildman–Crippen MR) is 137 cm³/mol. The van der Waals surface area contributed by atoms with Crippen LogP contribution in [0.1, 0.15) is 36.2 Å². The van der Waals surface area contributed by atoms with E-state index in [2.05, 4.69) is 9.71 Å². The van der Waals surface area contributed by atoms with Crippen molar-refractivity contribution in [1.29, 1.82) is 0 Å². The van der Waals surface area contributed by atoms with Gasteiger partial charge in [0.05, 0.1) is 6.26 Å². The molecule has 186 valence electrons. The second-order valence-electron chi connectivity index (χ2n) is 10.7. The third kappa shape index (κ3) is 3.85. The molecule has 0 amide bonds. The van der Waals surface area contributed by atoms with Crippen LogP contribution in [-0.4, -0.2) is 36.4 Å². The van der Waals surface area contributed by atoms with E-state index in [4.69, 9.17) is 14.6 Å². The highest BCUT2D eigenvalue weighted by molar-refractivity contribution is 7.92. The van der Waals surface area contributed by atoms with Crippen LogP contribution >= 0.6 is 0 Å². The molecule has 0 saturated heterocycles. The van der Waals surface area contributed by atoms with Crippen molar-refractivity contribution in [2.75, 3.05) is 17.5 Å². The molecule has 7 rings (SSSR count). The van der Waals surface area contributed by atoms with Gasteiger partial charge >= 0.3 is 0 Å². The zero-order chi connectivity index (χ0) is 27.0. The molecule has 9 heteroatoms. The number of nitrogens with one attached hydrogen (secondary N) is 2. The average Bonchev–Trinajstić information content (AvgIpc) is 3.29. The Bertz CT molecular complexity index is 1560. The number of aromatic nitrogens is 2. The van der Waals surface area contributed by atoms with Gasteiger partial charge in [0.1, 0.15) is 16.9 Å². The van der Waals surface area contributed by atoms with Gasteiger partial charge in [-0.05, 0) is 86.6 Å². The van der Waals surface area contributed by atoms with Gasteiger partial charge in [-0.3, -0.25) is 9.52 Å². The zero-order valence-corrected chi connectivity index (χ0v) is 20.4. The summed E-state index contributed by atoms with van der Waals surface area (Å²) in [5.41, 5.74) is 6.61. The van der Waals surface area contributed by atoms with E-state index in [-0.39, 0.29) is 11.1 Å². The van der Waals surface area contributed by atoms with Crippen LogP contribution < -0.4 is 20.8 Å². The largest absolute Gasteiger partial charge is 0.487 e. The fourth-order valence-electron chi connectivity index (χ4n) is 7.27. The quantitative estimate of drug-likeness (QED) is 0.480. The Morgan fingerprint density at radius 3 is 2.69 bits per heavy atom. The number of aryl methyl sites for hydroxylation is 1. The fraction of sp³-hybridized carbons (Fsp3) is 0.500. The van der Waals surface area contributed by atoms with Crippen molar-refractivity contribution < 1.29 is 17.3 Å². The molecule has 2 atom stereocenters. The van der Waals surface area contributed by atoms with Crippen molar-refractivity contribution in [2.45, 2.75) is 37.7 Å². The van der Waals surface area contributed by atoms with Crippen LogP contribution in [0.15, 0.2) is 41.5 Å². The van der Waals surface area contributed by atoms with Gasteiger partial charge < -0.3 is 20.0 Å². The Kier molecular flexibility index (Phi) is 4.36. The van der Waals surface area contributed by atoms with Gasteiger partial charge in [-0.25, -0.2) is 8.42 Å². The van der Waals surface area contributed by atoms with Crippen molar-refractivity contribution >= 4 is 26.6 Å². The van der Waals surface area contributed by atoms with E-state index in [0.717, 1.165) is 30.1 Å². The second kappa shape index (κ2) is 7.86. The SMILES string of the molecule is [2H]C([2H])([2H])n1cc(-c2cc(NS(C)(=O)=O)ccc2OC23CC4CC(C2)C(CN)C(C4)C3)c2cc[nH]c2c1=O. The van der Waals surface area contributed by atoms with Gasteiger partial charge in [-0.1, -0.05) is 0 Å². The molecule has 4 aliphatic rings. The first kappa shape index (κ1) is 19.4. The van der Waals surface area contributed by atoms with Gasteiger partial charge in [0.15, 0.2) is 0 Å². The first-order valence-electron chi connectivity index (χ1n) is 13.6. The molecule has 4 saturated carbocycles. The summed E-state index contributed by atoms with van der Waals surface area (Å²) in [5, 5.41) is 0.533. The number of hydrogen-bond donors (Lipinski definition) is 3. The van der Waals surface area contributed by atoms with Crippen molar-refractivity contribution in [2.24, 2.45) is 36.4 Å². The predicted octanol–water partition coefficient (Wildman–Crippen LogP) is 3.44. The molecule has 2 aromatic heterocycles. The van der Waals surface area contributed by atoms with Gasteiger partial charge in [-0.2, -0.15) is 0 Å². The fourth-order valence-corrected chi connectivity index (χ4v) is 7.82. The molecular weight excluding hydrogens is 464 g/mol. The van der Waals surface area contributed by atoms with Crippen LogP contribution in [0.25, 0.3) is 22.0 Å². The Hall–Kier alpha value is -2.78. The number of rotatable bonds is 6. The maximum absolute atomic E-state index is 13.0. The number of H-pyrrole nitrogens is 1. The number of nitrogens with zero attached hydrogens (tertiary/aromatic N) is 1. The number of anilines is 1. The number of ether oxygens (including phenoxy) is 1. The van der Waals surface area contributed by atoms with Gasteiger partial charge in [0.2, 0.25) is 10.0 Å². The summed E-state index contributed by atoms with van der Waals surface area (Å²) in [6, 6.07) is 6.75. The smallest absolute Gasteiger partial charge is 0.274 e. The average molecular weight is 500 g/mol. The number of hydrogen-bond acceptors (Lipinski definition) is 5. The van der Waals surface area contributed by atoms with Crippen LogP contribution in [-0.2, 0) is 17.0 Å². The lowest BCUT2D eigenvalue weighted by Crippen LogP contribution is -2.58. The third-order valence-electron chi connectivity index (χ3n) is 8.31. The molecule has 3 aromatic rings. The Labute approximate surface area is 209 Å². The number of aromatic amines is 1. The lowest BCUT2D eigenvalue weighted by atomic mass is 9.50. The summed E-state index contributed by atoms with van der Waals surface area (Å²) < 4.78 is 57.9. The summed E-state index contributed by atoms with van der Waals surface area (Å²) >= 11 is 0. The summed E-state index contributed by atoms with van der Waals surface area (Å²) in [5.74, 6) is 2.70. The van der Waals surface area contributed by atoms with E-state index < -0.39 is 22.6 Å². The molecule has 0 spiro atoms. The number of pyridine rings is 1. The molecule has 2 heterocycles. The molecule has 0 aliphatic heterocycles. The molecule has 0 radical (unpaired) electrons. The summed E-state index contributed by atoms with van der Waals surface area (Å²) in [4.78, 5) is 15.8. The van der Waals surface area contributed by atoms with E-state index >= 15 is 0 Å². The molecule has 2 unspecified atom stereocenters. The Morgan fingerprint density at radius 2 is 2.00 bits per heavy atom. The van der Waals surface area contributed by atoms with Crippen LogP contribution in [0.2, 0.25) is 0 Å². The van der Waals surface area contributed by atoms with Crippen LogP contribution in [0.5, 0.6) is 5.75 Å². The maximum atomic E-state index is 13.0. The molecule has 4 aliphatic carbocycles. The second-order valence-corrected chi connectivity index (χ2v) is 12.5. The monoisotopic (exact) mass is 499 g/mol. The lowest BCUT2D eigenvalue weighted by molar-refractivity contribution is -0.134.